The summed E-state index contributed by atoms with van der Waals surface area (Å²) < 4.78 is 11.0. The topological polar surface area (TPSA) is 61.5 Å². The minimum atomic E-state index is -0.380. The number of rotatable bonds is 5. The fourth-order valence-electron chi connectivity index (χ4n) is 2.33. The Morgan fingerprint density at radius 3 is 2.28 bits per heavy atom. The first-order valence-corrected chi connectivity index (χ1v) is 8.49. The Morgan fingerprint density at radius 1 is 1.08 bits per heavy atom. The highest BCUT2D eigenvalue weighted by Gasteiger charge is 2.14. The van der Waals surface area contributed by atoms with Gasteiger partial charge in [-0.1, -0.05) is 45.0 Å². The molecule has 0 aliphatic rings. The van der Waals surface area contributed by atoms with E-state index in [9.17, 15) is 4.79 Å². The quantitative estimate of drug-likeness (QED) is 0.632. The SMILES string of the molecule is CC(C)OC(=O)c1ccc(N)c(OCc2ccc(C(C)(C)C)cc2)c1. The number of carbonyl (C=O) groups is 1. The van der Waals surface area contributed by atoms with E-state index in [4.69, 9.17) is 15.2 Å². The largest absolute Gasteiger partial charge is 0.487 e. The highest BCUT2D eigenvalue weighted by molar-refractivity contribution is 5.90. The first kappa shape index (κ1) is 18.8. The van der Waals surface area contributed by atoms with Gasteiger partial charge in [0.15, 0.2) is 0 Å². The van der Waals surface area contributed by atoms with Crippen molar-refractivity contribution in [2.75, 3.05) is 5.73 Å². The molecule has 0 atom stereocenters. The monoisotopic (exact) mass is 341 g/mol. The zero-order chi connectivity index (χ0) is 18.6. The van der Waals surface area contributed by atoms with Gasteiger partial charge >= 0.3 is 5.97 Å². The first-order chi connectivity index (χ1) is 11.7. The number of nitrogens with two attached hydrogens (primary N) is 1. The van der Waals surface area contributed by atoms with Gasteiger partial charge in [-0.3, -0.25) is 0 Å². The van der Waals surface area contributed by atoms with Crippen LogP contribution in [0.3, 0.4) is 0 Å². The average Bonchev–Trinajstić information content (AvgIpc) is 2.53. The van der Waals surface area contributed by atoms with Gasteiger partial charge in [0.1, 0.15) is 12.4 Å². The number of nitrogen functional groups attached to an aromatic ring is 1. The highest BCUT2D eigenvalue weighted by atomic mass is 16.5. The summed E-state index contributed by atoms with van der Waals surface area (Å²) in [5.41, 5.74) is 9.32. The molecule has 0 aliphatic heterocycles. The number of hydrogen-bond donors (Lipinski definition) is 1. The van der Waals surface area contributed by atoms with E-state index in [1.54, 1.807) is 18.2 Å². The van der Waals surface area contributed by atoms with Crippen molar-refractivity contribution in [2.45, 2.75) is 52.7 Å². The van der Waals surface area contributed by atoms with Crippen LogP contribution in [0.1, 0.15) is 56.1 Å². The summed E-state index contributed by atoms with van der Waals surface area (Å²) in [6.07, 6.45) is -0.171. The molecule has 4 nitrogen and oxygen atoms in total. The lowest BCUT2D eigenvalue weighted by atomic mass is 9.87. The molecule has 0 amide bonds. The second-order valence-electron chi connectivity index (χ2n) is 7.44. The summed E-state index contributed by atoms with van der Waals surface area (Å²) in [4.78, 5) is 12.0. The van der Waals surface area contributed by atoms with Crippen LogP contribution in [0.25, 0.3) is 0 Å². The minimum Gasteiger partial charge on any atom is -0.487 e. The van der Waals surface area contributed by atoms with Crippen LogP contribution in [-0.2, 0) is 16.8 Å². The minimum absolute atomic E-state index is 0.120. The van der Waals surface area contributed by atoms with Gasteiger partial charge < -0.3 is 15.2 Å². The van der Waals surface area contributed by atoms with Crippen molar-refractivity contribution in [3.05, 3.63) is 59.2 Å². The Hall–Kier alpha value is -2.49. The number of anilines is 1. The Kier molecular flexibility index (Phi) is 5.73. The molecule has 25 heavy (non-hydrogen) atoms. The summed E-state index contributed by atoms with van der Waals surface area (Å²) in [6, 6.07) is 13.3. The van der Waals surface area contributed by atoms with Gasteiger partial charge in [0.05, 0.1) is 17.4 Å². The summed E-state index contributed by atoms with van der Waals surface area (Å²) >= 11 is 0. The van der Waals surface area contributed by atoms with E-state index in [-0.39, 0.29) is 17.5 Å². The van der Waals surface area contributed by atoms with E-state index in [0.717, 1.165) is 5.56 Å². The van der Waals surface area contributed by atoms with Crippen LogP contribution in [0.2, 0.25) is 0 Å². The molecule has 2 rings (SSSR count). The lowest BCUT2D eigenvalue weighted by molar-refractivity contribution is 0.0377. The molecule has 0 spiro atoms. The Labute approximate surface area is 150 Å². The van der Waals surface area contributed by atoms with Crippen LogP contribution >= 0.6 is 0 Å². The molecule has 2 N–H and O–H groups in total. The molecule has 0 unspecified atom stereocenters. The number of ether oxygens (including phenoxy) is 2. The number of esters is 1. The maximum Gasteiger partial charge on any atom is 0.338 e. The maximum atomic E-state index is 12.0. The van der Waals surface area contributed by atoms with Crippen molar-refractivity contribution in [1.29, 1.82) is 0 Å². The zero-order valence-corrected chi connectivity index (χ0v) is 15.6. The first-order valence-electron chi connectivity index (χ1n) is 8.49. The molecule has 4 heteroatoms. The molecule has 0 saturated heterocycles. The second-order valence-corrected chi connectivity index (χ2v) is 7.44. The lowest BCUT2D eigenvalue weighted by Gasteiger charge is -2.19. The predicted octanol–water partition coefficient (Wildman–Crippen LogP) is 4.71. The standard InChI is InChI=1S/C21H27NO3/c1-14(2)25-20(23)16-8-11-18(22)19(12-16)24-13-15-6-9-17(10-7-15)21(3,4)5/h6-12,14H,13,22H2,1-5H3. The summed E-state index contributed by atoms with van der Waals surface area (Å²) in [5, 5.41) is 0. The van der Waals surface area contributed by atoms with E-state index < -0.39 is 0 Å². The zero-order valence-electron chi connectivity index (χ0n) is 15.6. The third kappa shape index (κ3) is 5.24. The Morgan fingerprint density at radius 2 is 1.72 bits per heavy atom. The third-order valence-corrected chi connectivity index (χ3v) is 3.81. The molecule has 0 aromatic heterocycles. The molecule has 0 bridgehead atoms. The maximum absolute atomic E-state index is 12.0. The number of hydrogen-bond acceptors (Lipinski definition) is 4. The van der Waals surface area contributed by atoms with Gasteiger partial charge in [0, 0.05) is 0 Å². The molecule has 0 saturated carbocycles. The summed E-state index contributed by atoms with van der Waals surface area (Å²) in [6.45, 7) is 10.6. The van der Waals surface area contributed by atoms with Crippen molar-refractivity contribution in [1.82, 2.24) is 0 Å². The summed E-state index contributed by atoms with van der Waals surface area (Å²) in [5.74, 6) is 0.104. The molecule has 2 aromatic rings. The molecule has 0 radical (unpaired) electrons. The van der Waals surface area contributed by atoms with Crippen molar-refractivity contribution in [2.24, 2.45) is 0 Å². The van der Waals surface area contributed by atoms with Crippen molar-refractivity contribution >= 4 is 11.7 Å². The Bertz CT molecular complexity index is 728. The van der Waals surface area contributed by atoms with Gasteiger partial charge in [-0.2, -0.15) is 0 Å². The summed E-state index contributed by atoms with van der Waals surface area (Å²) in [7, 11) is 0. The van der Waals surface area contributed by atoms with Crippen molar-refractivity contribution < 1.29 is 14.3 Å². The second kappa shape index (κ2) is 7.60. The highest BCUT2D eigenvalue weighted by Crippen LogP contribution is 2.26. The molecule has 134 valence electrons. The van der Waals surface area contributed by atoms with Gasteiger partial charge in [0.25, 0.3) is 0 Å². The van der Waals surface area contributed by atoms with E-state index in [1.807, 2.05) is 26.0 Å². The van der Waals surface area contributed by atoms with Gasteiger partial charge in [-0.15, -0.1) is 0 Å². The smallest absolute Gasteiger partial charge is 0.338 e. The average molecular weight is 341 g/mol. The van der Waals surface area contributed by atoms with Crippen LogP contribution in [0.5, 0.6) is 5.75 Å². The van der Waals surface area contributed by atoms with E-state index >= 15 is 0 Å². The van der Waals surface area contributed by atoms with Crippen LogP contribution in [0.4, 0.5) is 5.69 Å². The molecule has 0 aliphatic carbocycles. The molecular formula is C21H27NO3. The van der Waals surface area contributed by atoms with E-state index in [1.165, 1.54) is 5.56 Å². The lowest BCUT2D eigenvalue weighted by Crippen LogP contribution is -2.12. The molecule has 0 fully saturated rings. The molecule has 2 aromatic carbocycles. The fraction of sp³-hybridized carbons (Fsp3) is 0.381. The van der Waals surface area contributed by atoms with E-state index in [0.29, 0.717) is 23.6 Å². The van der Waals surface area contributed by atoms with Crippen LogP contribution in [0, 0.1) is 0 Å². The number of benzene rings is 2. The third-order valence-electron chi connectivity index (χ3n) is 3.81. The van der Waals surface area contributed by atoms with Gasteiger partial charge in [0.2, 0.25) is 0 Å². The van der Waals surface area contributed by atoms with E-state index in [2.05, 4.69) is 32.9 Å². The van der Waals surface area contributed by atoms with Crippen molar-refractivity contribution in [3.8, 4) is 5.75 Å². The molecular weight excluding hydrogens is 314 g/mol. The molecule has 0 heterocycles. The normalized spacial score (nSPS) is 11.4. The fourth-order valence-corrected chi connectivity index (χ4v) is 2.33. The van der Waals surface area contributed by atoms with Crippen LogP contribution in [0.15, 0.2) is 42.5 Å². The van der Waals surface area contributed by atoms with Gasteiger partial charge in [-0.25, -0.2) is 4.79 Å². The van der Waals surface area contributed by atoms with Crippen LogP contribution in [-0.4, -0.2) is 12.1 Å². The Balaban J connectivity index is 2.08. The number of carbonyl (C=O) groups excluding carboxylic acids is 1. The van der Waals surface area contributed by atoms with Crippen molar-refractivity contribution in [3.63, 3.8) is 0 Å². The predicted molar refractivity (Wildman–Crippen MR) is 101 cm³/mol. The van der Waals surface area contributed by atoms with Gasteiger partial charge in [-0.05, 0) is 48.6 Å². The van der Waals surface area contributed by atoms with Crippen LogP contribution < -0.4 is 10.5 Å².